The van der Waals surface area contributed by atoms with E-state index in [9.17, 15) is 14.0 Å². The number of halogens is 1. The van der Waals surface area contributed by atoms with Crippen molar-refractivity contribution in [2.75, 3.05) is 12.4 Å². The predicted octanol–water partition coefficient (Wildman–Crippen LogP) is 2.12. The molecule has 1 fully saturated rings. The fourth-order valence-electron chi connectivity index (χ4n) is 2.88. The van der Waals surface area contributed by atoms with E-state index in [1.807, 2.05) is 0 Å². The van der Waals surface area contributed by atoms with Crippen LogP contribution in [0.5, 0.6) is 0 Å². The Morgan fingerprint density at radius 2 is 2.20 bits per heavy atom. The topological polar surface area (TPSA) is 87.8 Å². The summed E-state index contributed by atoms with van der Waals surface area (Å²) in [7, 11) is 1.48. The molecule has 6 nitrogen and oxygen atoms in total. The molecule has 2 amide bonds. The van der Waals surface area contributed by atoms with Gasteiger partial charge < -0.3 is 11.1 Å². The van der Waals surface area contributed by atoms with E-state index in [0.29, 0.717) is 18.0 Å². The van der Waals surface area contributed by atoms with Gasteiger partial charge in [-0.25, -0.2) is 9.38 Å². The highest BCUT2D eigenvalue weighted by molar-refractivity contribution is 6.08. The number of nitrogens with one attached hydrogen (secondary N) is 1. The van der Waals surface area contributed by atoms with Crippen LogP contribution in [0.25, 0.3) is 0 Å². The van der Waals surface area contributed by atoms with Gasteiger partial charge in [-0.15, -0.1) is 0 Å². The van der Waals surface area contributed by atoms with E-state index in [4.69, 9.17) is 5.73 Å². The molecule has 1 aromatic carbocycles. The van der Waals surface area contributed by atoms with Crippen LogP contribution in [0.2, 0.25) is 0 Å². The third-order valence-corrected chi connectivity index (χ3v) is 4.78. The fraction of sp³-hybridized carbons (Fsp3) is 0.389. The summed E-state index contributed by atoms with van der Waals surface area (Å²) in [6, 6.07) is 4.22. The number of guanidine groups is 1. The van der Waals surface area contributed by atoms with Crippen molar-refractivity contribution in [2.45, 2.75) is 31.7 Å². The van der Waals surface area contributed by atoms with Gasteiger partial charge in [0.2, 0.25) is 5.91 Å². The summed E-state index contributed by atoms with van der Waals surface area (Å²) < 4.78 is 14.5. The van der Waals surface area contributed by atoms with Crippen LogP contribution in [0.4, 0.5) is 10.1 Å². The lowest BCUT2D eigenvalue weighted by atomic mass is 9.83. The lowest BCUT2D eigenvalue weighted by molar-refractivity contribution is -0.123. The maximum Gasteiger partial charge on any atom is 0.258 e. The van der Waals surface area contributed by atoms with Crippen molar-refractivity contribution in [1.82, 2.24) is 4.90 Å². The molecule has 0 unspecified atom stereocenters. The molecular weight excluding hydrogens is 323 g/mol. The number of benzene rings is 1. The monoisotopic (exact) mass is 344 g/mol. The van der Waals surface area contributed by atoms with E-state index >= 15 is 0 Å². The lowest BCUT2D eigenvalue weighted by Crippen LogP contribution is -2.49. The standard InChI is InChI=1S/C18H21FN4O2/c1-10-16(25)23(3)17(20)22-18(10,2)13-9-12(6-7-14(13)19)21-15(24)8-11-4-5-11/h6-7,9,11H,1,4-5,8H2,2-3H3,(H2,20,22)(H,21,24)/t18-/m0/s1. The number of hydrogen-bond donors (Lipinski definition) is 2. The van der Waals surface area contributed by atoms with Gasteiger partial charge >= 0.3 is 0 Å². The fourth-order valence-corrected chi connectivity index (χ4v) is 2.88. The summed E-state index contributed by atoms with van der Waals surface area (Å²) >= 11 is 0. The molecule has 0 radical (unpaired) electrons. The van der Waals surface area contributed by atoms with Crippen molar-refractivity contribution in [3.63, 3.8) is 0 Å². The molecule has 7 heteroatoms. The van der Waals surface area contributed by atoms with Crippen LogP contribution in [-0.2, 0) is 15.1 Å². The Balaban J connectivity index is 1.95. The van der Waals surface area contributed by atoms with E-state index in [0.717, 1.165) is 12.8 Å². The zero-order valence-electron chi connectivity index (χ0n) is 14.3. The number of amides is 2. The summed E-state index contributed by atoms with van der Waals surface area (Å²) in [6.45, 7) is 5.37. The molecule has 1 aliphatic heterocycles. The van der Waals surface area contributed by atoms with Crippen LogP contribution < -0.4 is 11.1 Å². The third kappa shape index (κ3) is 3.14. The van der Waals surface area contributed by atoms with Gasteiger partial charge in [0.25, 0.3) is 5.91 Å². The van der Waals surface area contributed by atoms with Gasteiger partial charge in [0, 0.05) is 30.3 Å². The summed E-state index contributed by atoms with van der Waals surface area (Å²) in [5.41, 5.74) is 5.19. The van der Waals surface area contributed by atoms with Gasteiger partial charge in [-0.2, -0.15) is 0 Å². The number of hydrogen-bond acceptors (Lipinski definition) is 4. The molecule has 0 bridgehead atoms. The highest BCUT2D eigenvalue weighted by atomic mass is 19.1. The van der Waals surface area contributed by atoms with Crippen LogP contribution >= 0.6 is 0 Å². The van der Waals surface area contributed by atoms with Crippen molar-refractivity contribution < 1.29 is 14.0 Å². The third-order valence-electron chi connectivity index (χ3n) is 4.78. The first-order valence-corrected chi connectivity index (χ1v) is 8.15. The molecule has 132 valence electrons. The minimum Gasteiger partial charge on any atom is -0.369 e. The van der Waals surface area contributed by atoms with Crippen LogP contribution in [0.1, 0.15) is 31.7 Å². The average molecular weight is 344 g/mol. The second-order valence-corrected chi connectivity index (χ2v) is 6.78. The Morgan fingerprint density at radius 1 is 1.52 bits per heavy atom. The first-order chi connectivity index (χ1) is 11.7. The van der Waals surface area contributed by atoms with Crippen molar-refractivity contribution in [3.05, 3.63) is 41.7 Å². The molecule has 0 aromatic heterocycles. The highest BCUT2D eigenvalue weighted by Crippen LogP contribution is 2.39. The zero-order valence-corrected chi connectivity index (χ0v) is 14.3. The molecule has 2 aliphatic rings. The second kappa shape index (κ2) is 5.98. The quantitative estimate of drug-likeness (QED) is 0.820. The van der Waals surface area contributed by atoms with Crippen molar-refractivity contribution >= 4 is 23.5 Å². The Morgan fingerprint density at radius 3 is 2.84 bits per heavy atom. The van der Waals surface area contributed by atoms with Crippen LogP contribution in [-0.4, -0.2) is 29.7 Å². The Kier molecular flexibility index (Phi) is 4.10. The predicted molar refractivity (Wildman–Crippen MR) is 93.3 cm³/mol. The number of aliphatic imine (C=N–C) groups is 1. The minimum atomic E-state index is -1.32. The minimum absolute atomic E-state index is 0.0116. The summed E-state index contributed by atoms with van der Waals surface area (Å²) in [4.78, 5) is 29.7. The van der Waals surface area contributed by atoms with Crippen molar-refractivity contribution in [1.29, 1.82) is 0 Å². The second-order valence-electron chi connectivity index (χ2n) is 6.78. The molecule has 3 rings (SSSR count). The summed E-state index contributed by atoms with van der Waals surface area (Å²) in [5, 5.41) is 2.77. The van der Waals surface area contributed by atoms with Crippen LogP contribution in [0.15, 0.2) is 35.3 Å². The molecule has 1 atom stereocenters. The van der Waals surface area contributed by atoms with Crippen molar-refractivity contribution in [3.8, 4) is 0 Å². The van der Waals surface area contributed by atoms with E-state index in [1.165, 1.54) is 30.1 Å². The Labute approximate surface area is 145 Å². The van der Waals surface area contributed by atoms with Gasteiger partial charge in [0.05, 0.1) is 0 Å². The summed E-state index contributed by atoms with van der Waals surface area (Å²) in [6.07, 6.45) is 2.61. The first-order valence-electron chi connectivity index (χ1n) is 8.15. The molecule has 1 aliphatic carbocycles. The zero-order chi connectivity index (χ0) is 18.4. The maximum absolute atomic E-state index is 14.5. The molecule has 3 N–H and O–H groups in total. The first kappa shape index (κ1) is 17.1. The van der Waals surface area contributed by atoms with Gasteiger partial charge in [-0.05, 0) is 43.9 Å². The van der Waals surface area contributed by atoms with Crippen LogP contribution in [0.3, 0.4) is 0 Å². The smallest absolute Gasteiger partial charge is 0.258 e. The van der Waals surface area contributed by atoms with Crippen LogP contribution in [0, 0.1) is 11.7 Å². The number of anilines is 1. The molecule has 1 saturated carbocycles. The SMILES string of the molecule is C=C1C(=O)N(C)C(N)=N[C@]1(C)c1cc(NC(=O)CC2CC2)ccc1F. The van der Waals surface area contributed by atoms with E-state index in [2.05, 4.69) is 16.9 Å². The van der Waals surface area contributed by atoms with E-state index in [-0.39, 0.29) is 23.0 Å². The molecule has 1 heterocycles. The van der Waals surface area contributed by atoms with E-state index < -0.39 is 17.3 Å². The molecule has 0 spiro atoms. The van der Waals surface area contributed by atoms with Crippen molar-refractivity contribution in [2.24, 2.45) is 16.6 Å². The van der Waals surface area contributed by atoms with E-state index in [1.54, 1.807) is 6.92 Å². The maximum atomic E-state index is 14.5. The van der Waals surface area contributed by atoms with Gasteiger partial charge in [0.1, 0.15) is 11.4 Å². The summed E-state index contributed by atoms with van der Waals surface area (Å²) in [5.74, 6) is -0.627. The molecule has 0 saturated heterocycles. The molecule has 25 heavy (non-hydrogen) atoms. The number of likely N-dealkylation sites (N-methyl/N-ethyl adjacent to an activating group) is 1. The Bertz CT molecular complexity index is 800. The molecular formula is C18H21FN4O2. The molecule has 1 aromatic rings. The highest BCUT2D eigenvalue weighted by Gasteiger charge is 2.41. The number of carbonyl (C=O) groups excluding carboxylic acids is 2. The average Bonchev–Trinajstić information content (AvgIpc) is 3.36. The number of nitrogens with zero attached hydrogens (tertiary/aromatic N) is 2. The number of rotatable bonds is 4. The number of nitrogens with two attached hydrogens (primary N) is 1. The normalized spacial score (nSPS) is 23.5. The van der Waals surface area contributed by atoms with Gasteiger partial charge in [-0.1, -0.05) is 6.58 Å². The lowest BCUT2D eigenvalue weighted by Gasteiger charge is -2.35. The number of carbonyl (C=O) groups is 2. The van der Waals surface area contributed by atoms with Gasteiger partial charge in [-0.3, -0.25) is 14.5 Å². The van der Waals surface area contributed by atoms with Gasteiger partial charge in [0.15, 0.2) is 5.96 Å². The Hall–Kier alpha value is -2.70. The largest absolute Gasteiger partial charge is 0.369 e.